The lowest BCUT2D eigenvalue weighted by molar-refractivity contribution is -0.113. The van der Waals surface area contributed by atoms with Crippen molar-refractivity contribution in [3.63, 3.8) is 0 Å². The van der Waals surface area contributed by atoms with E-state index in [9.17, 15) is 14.0 Å². The summed E-state index contributed by atoms with van der Waals surface area (Å²) in [5.41, 5.74) is 0.961. The second-order valence-corrected chi connectivity index (χ2v) is 7.21. The first kappa shape index (κ1) is 18.9. The summed E-state index contributed by atoms with van der Waals surface area (Å²) in [5.74, 6) is -0.665. The average molecular weight is 405 g/mol. The summed E-state index contributed by atoms with van der Waals surface area (Å²) < 4.78 is 14.5. The Bertz CT molecular complexity index is 1230. The summed E-state index contributed by atoms with van der Waals surface area (Å²) in [6.07, 6.45) is 3.16. The number of hydrogen-bond acceptors (Lipinski definition) is 4. The highest BCUT2D eigenvalue weighted by Gasteiger charge is 2.12. The normalized spacial score (nSPS) is 10.8. The van der Waals surface area contributed by atoms with Gasteiger partial charge in [0.2, 0.25) is 5.91 Å². The van der Waals surface area contributed by atoms with Gasteiger partial charge in [0.25, 0.3) is 5.56 Å². The van der Waals surface area contributed by atoms with Gasteiger partial charge in [0.1, 0.15) is 5.82 Å². The molecule has 0 atom stereocenters. The zero-order valence-corrected chi connectivity index (χ0v) is 16.0. The van der Waals surface area contributed by atoms with Crippen molar-refractivity contribution >= 4 is 34.1 Å². The summed E-state index contributed by atoms with van der Waals surface area (Å²) in [6, 6.07) is 19.1. The highest BCUT2D eigenvalue weighted by molar-refractivity contribution is 7.99. The van der Waals surface area contributed by atoms with E-state index in [1.807, 2.05) is 42.5 Å². The Hall–Kier alpha value is -3.45. The van der Waals surface area contributed by atoms with Crippen molar-refractivity contribution in [2.24, 2.45) is 0 Å². The van der Waals surface area contributed by atoms with Crippen molar-refractivity contribution in [1.82, 2.24) is 9.55 Å². The Kier molecular flexibility index (Phi) is 5.39. The number of nitrogens with one attached hydrogen (secondary N) is 1. The highest BCUT2D eigenvalue weighted by atomic mass is 32.2. The number of carbonyl (C=O) groups is 1. The van der Waals surface area contributed by atoms with Gasteiger partial charge in [-0.25, -0.2) is 9.37 Å². The predicted molar refractivity (Wildman–Crippen MR) is 113 cm³/mol. The molecule has 1 heterocycles. The van der Waals surface area contributed by atoms with Crippen molar-refractivity contribution in [2.45, 2.75) is 5.03 Å². The number of thioether (sulfide) groups is 1. The number of nitrogens with zero attached hydrogens (tertiary/aromatic N) is 2. The molecule has 1 N–H and O–H groups in total. The van der Waals surface area contributed by atoms with E-state index in [4.69, 9.17) is 0 Å². The fraction of sp³-hybridized carbons (Fsp3) is 0.0455. The summed E-state index contributed by atoms with van der Waals surface area (Å²) in [5, 5.41) is 4.88. The largest absolute Gasteiger partial charge is 0.325 e. The van der Waals surface area contributed by atoms with Gasteiger partial charge in [-0.2, -0.15) is 0 Å². The lowest BCUT2D eigenvalue weighted by Crippen LogP contribution is -2.22. The number of anilines is 1. The van der Waals surface area contributed by atoms with Gasteiger partial charge in [0.05, 0.1) is 11.4 Å². The molecule has 0 radical (unpaired) electrons. The first-order valence-electron chi connectivity index (χ1n) is 8.86. The molecule has 29 heavy (non-hydrogen) atoms. The summed E-state index contributed by atoms with van der Waals surface area (Å²) in [4.78, 5) is 29.2. The van der Waals surface area contributed by atoms with Gasteiger partial charge in [0.15, 0.2) is 5.03 Å². The average Bonchev–Trinajstić information content (AvgIpc) is 2.74. The maximum Gasteiger partial charge on any atom is 0.287 e. The Morgan fingerprint density at radius 3 is 2.62 bits per heavy atom. The van der Waals surface area contributed by atoms with E-state index in [1.165, 1.54) is 28.8 Å². The van der Waals surface area contributed by atoms with Crippen LogP contribution >= 0.6 is 11.8 Å². The number of benzene rings is 3. The van der Waals surface area contributed by atoms with Crippen LogP contribution in [0.15, 0.2) is 88.9 Å². The molecule has 3 aromatic carbocycles. The number of amides is 1. The standard InChI is InChI=1S/C22H16FN3O2S/c23-16-8-10-17(11-9-16)25-20(27)14-29-21-22(28)26(13-12-24-21)19-7-3-5-15-4-1-2-6-18(15)19/h1-13H,14H2,(H,25,27). The quantitative estimate of drug-likeness (QED) is 0.504. The third-order valence-electron chi connectivity index (χ3n) is 4.30. The molecular weight excluding hydrogens is 389 g/mol. The van der Waals surface area contributed by atoms with Crippen LogP contribution in [-0.4, -0.2) is 21.2 Å². The van der Waals surface area contributed by atoms with E-state index >= 15 is 0 Å². The number of carbonyl (C=O) groups excluding carboxylic acids is 1. The molecule has 1 aromatic heterocycles. The van der Waals surface area contributed by atoms with Crippen LogP contribution in [0, 0.1) is 5.82 Å². The van der Waals surface area contributed by atoms with Crippen LogP contribution in [0.5, 0.6) is 0 Å². The Morgan fingerprint density at radius 2 is 1.79 bits per heavy atom. The van der Waals surface area contributed by atoms with Gasteiger partial charge in [-0.15, -0.1) is 0 Å². The Labute approximate surface area is 170 Å². The van der Waals surface area contributed by atoms with Crippen LogP contribution in [0.25, 0.3) is 16.5 Å². The van der Waals surface area contributed by atoms with Gasteiger partial charge >= 0.3 is 0 Å². The third-order valence-corrected chi connectivity index (χ3v) is 5.26. The second-order valence-electron chi connectivity index (χ2n) is 6.25. The minimum Gasteiger partial charge on any atom is -0.325 e. The minimum atomic E-state index is -0.375. The van der Waals surface area contributed by atoms with Gasteiger partial charge in [-0.05, 0) is 35.7 Å². The lowest BCUT2D eigenvalue weighted by Gasteiger charge is -2.10. The number of halogens is 1. The van der Waals surface area contributed by atoms with Crippen molar-refractivity contribution in [1.29, 1.82) is 0 Å². The number of aromatic nitrogens is 2. The van der Waals surface area contributed by atoms with E-state index in [-0.39, 0.29) is 28.1 Å². The van der Waals surface area contributed by atoms with E-state index in [0.717, 1.165) is 28.2 Å². The van der Waals surface area contributed by atoms with Crippen LogP contribution in [0.1, 0.15) is 0 Å². The van der Waals surface area contributed by atoms with Gasteiger partial charge < -0.3 is 5.32 Å². The summed E-state index contributed by atoms with van der Waals surface area (Å²) >= 11 is 1.06. The fourth-order valence-electron chi connectivity index (χ4n) is 2.96. The van der Waals surface area contributed by atoms with Crippen LogP contribution < -0.4 is 10.9 Å². The maximum atomic E-state index is 13.0. The van der Waals surface area contributed by atoms with Crippen LogP contribution in [0.4, 0.5) is 10.1 Å². The molecule has 0 fully saturated rings. The van der Waals surface area contributed by atoms with Gasteiger partial charge in [0, 0.05) is 23.5 Å². The number of hydrogen-bond donors (Lipinski definition) is 1. The molecule has 1 amide bonds. The van der Waals surface area contributed by atoms with Gasteiger partial charge in [-0.1, -0.05) is 48.2 Å². The SMILES string of the molecule is O=C(CSc1nccn(-c2cccc3ccccc23)c1=O)Nc1ccc(F)cc1. The summed E-state index contributed by atoms with van der Waals surface area (Å²) in [6.45, 7) is 0. The Morgan fingerprint density at radius 1 is 1.03 bits per heavy atom. The molecule has 0 spiro atoms. The van der Waals surface area contributed by atoms with Crippen LogP contribution in [0.2, 0.25) is 0 Å². The molecule has 0 bridgehead atoms. The topological polar surface area (TPSA) is 64.0 Å². The smallest absolute Gasteiger partial charge is 0.287 e. The molecule has 0 unspecified atom stereocenters. The van der Waals surface area contributed by atoms with E-state index in [1.54, 1.807) is 12.4 Å². The molecular formula is C22H16FN3O2S. The first-order chi connectivity index (χ1) is 14.1. The van der Waals surface area contributed by atoms with Crippen molar-refractivity contribution in [2.75, 3.05) is 11.1 Å². The molecule has 0 aliphatic heterocycles. The van der Waals surface area contributed by atoms with E-state index in [2.05, 4.69) is 10.3 Å². The number of rotatable bonds is 5. The molecule has 0 saturated carbocycles. The van der Waals surface area contributed by atoms with E-state index < -0.39 is 0 Å². The van der Waals surface area contributed by atoms with Crippen molar-refractivity contribution in [3.8, 4) is 5.69 Å². The highest BCUT2D eigenvalue weighted by Crippen LogP contribution is 2.21. The summed E-state index contributed by atoms with van der Waals surface area (Å²) in [7, 11) is 0. The molecule has 7 heteroatoms. The second kappa shape index (κ2) is 8.28. The van der Waals surface area contributed by atoms with Gasteiger partial charge in [-0.3, -0.25) is 14.2 Å². The molecule has 4 rings (SSSR count). The molecule has 5 nitrogen and oxygen atoms in total. The monoisotopic (exact) mass is 405 g/mol. The third kappa shape index (κ3) is 4.20. The lowest BCUT2D eigenvalue weighted by atomic mass is 10.1. The van der Waals surface area contributed by atoms with Crippen molar-refractivity contribution in [3.05, 3.63) is 95.3 Å². The molecule has 0 aliphatic rings. The fourth-order valence-corrected chi connectivity index (χ4v) is 3.66. The van der Waals surface area contributed by atoms with Crippen LogP contribution in [0.3, 0.4) is 0 Å². The molecule has 4 aromatic rings. The predicted octanol–water partition coefficient (Wildman–Crippen LogP) is 4.26. The number of fused-ring (bicyclic) bond motifs is 1. The molecule has 144 valence electrons. The first-order valence-corrected chi connectivity index (χ1v) is 9.84. The van der Waals surface area contributed by atoms with Crippen molar-refractivity contribution < 1.29 is 9.18 Å². The van der Waals surface area contributed by atoms with E-state index in [0.29, 0.717) is 5.69 Å². The Balaban J connectivity index is 1.55. The van der Waals surface area contributed by atoms with Crippen LogP contribution in [-0.2, 0) is 4.79 Å². The molecule has 0 saturated heterocycles. The zero-order chi connectivity index (χ0) is 20.2. The minimum absolute atomic E-state index is 0.0131. The maximum absolute atomic E-state index is 13.0. The molecule has 0 aliphatic carbocycles. The zero-order valence-electron chi connectivity index (χ0n) is 15.2.